The van der Waals surface area contributed by atoms with E-state index in [1.807, 2.05) is 47.1 Å². The smallest absolute Gasteiger partial charge is 0.227 e. The molecular formula is C28H39N3O2. The Morgan fingerprint density at radius 3 is 2.12 bits per heavy atom. The molecule has 5 heteroatoms. The van der Waals surface area contributed by atoms with E-state index in [2.05, 4.69) is 43.9 Å². The second-order valence-electron chi connectivity index (χ2n) is 9.06. The largest absolute Gasteiger partial charge is 0.311 e. The molecule has 2 aromatic rings. The van der Waals surface area contributed by atoms with Crippen molar-refractivity contribution < 1.29 is 9.59 Å². The number of hydrogen-bond donors (Lipinski definition) is 0. The summed E-state index contributed by atoms with van der Waals surface area (Å²) in [4.78, 5) is 32.2. The molecule has 0 bridgehead atoms. The van der Waals surface area contributed by atoms with E-state index >= 15 is 0 Å². The van der Waals surface area contributed by atoms with Crippen LogP contribution < -0.4 is 9.80 Å². The lowest BCUT2D eigenvalue weighted by atomic mass is 10.0. The zero-order chi connectivity index (χ0) is 23.8. The molecule has 178 valence electrons. The average Bonchev–Trinajstić information content (AvgIpc) is 2.82. The summed E-state index contributed by atoms with van der Waals surface area (Å²) in [7, 11) is 0. The molecule has 33 heavy (non-hydrogen) atoms. The minimum Gasteiger partial charge on any atom is -0.311 e. The average molecular weight is 450 g/mol. The first kappa shape index (κ1) is 25.0. The van der Waals surface area contributed by atoms with Gasteiger partial charge in [-0.1, -0.05) is 50.2 Å². The first-order valence-electron chi connectivity index (χ1n) is 12.4. The summed E-state index contributed by atoms with van der Waals surface area (Å²) in [6.07, 6.45) is 3.84. The third kappa shape index (κ3) is 6.23. The van der Waals surface area contributed by atoms with E-state index < -0.39 is 0 Å². The second kappa shape index (κ2) is 12.0. The van der Waals surface area contributed by atoms with Crippen molar-refractivity contribution in [3.63, 3.8) is 0 Å². The van der Waals surface area contributed by atoms with Gasteiger partial charge in [-0.05, 0) is 56.4 Å². The Morgan fingerprint density at radius 1 is 0.909 bits per heavy atom. The fourth-order valence-corrected chi connectivity index (χ4v) is 4.90. The van der Waals surface area contributed by atoms with Crippen molar-refractivity contribution in [2.45, 2.75) is 65.8 Å². The standard InChI is InChI=1S/C28H39N3O2/c1-5-11-27(33)30(28-22(3)12-10-13-23(28)4)21-20-29-18-16-25(17-19-29)31(26(32)6-2)24-14-8-7-9-15-24/h7-10,12-15,25H,5-6,11,16-21H2,1-4H3. The van der Waals surface area contributed by atoms with Crippen LogP contribution in [0.2, 0.25) is 0 Å². The molecule has 1 saturated heterocycles. The highest BCUT2D eigenvalue weighted by molar-refractivity contribution is 5.95. The van der Waals surface area contributed by atoms with Crippen LogP contribution in [0.3, 0.4) is 0 Å². The molecule has 0 radical (unpaired) electrons. The van der Waals surface area contributed by atoms with Crippen LogP contribution in [0.15, 0.2) is 48.5 Å². The summed E-state index contributed by atoms with van der Waals surface area (Å²) in [6.45, 7) is 11.6. The number of anilines is 2. The summed E-state index contributed by atoms with van der Waals surface area (Å²) in [5.41, 5.74) is 4.35. The van der Waals surface area contributed by atoms with E-state index in [1.165, 1.54) is 0 Å². The summed E-state index contributed by atoms with van der Waals surface area (Å²) >= 11 is 0. The van der Waals surface area contributed by atoms with Crippen molar-refractivity contribution in [2.24, 2.45) is 0 Å². The molecule has 0 atom stereocenters. The number of nitrogens with zero attached hydrogens (tertiary/aromatic N) is 3. The maximum atomic E-state index is 13.0. The van der Waals surface area contributed by atoms with Gasteiger partial charge in [-0.2, -0.15) is 0 Å². The molecule has 0 N–H and O–H groups in total. The summed E-state index contributed by atoms with van der Waals surface area (Å²) in [6, 6.07) is 16.5. The second-order valence-corrected chi connectivity index (χ2v) is 9.06. The Hall–Kier alpha value is -2.66. The molecule has 0 aliphatic carbocycles. The van der Waals surface area contributed by atoms with E-state index in [0.29, 0.717) is 19.4 Å². The first-order valence-corrected chi connectivity index (χ1v) is 12.4. The summed E-state index contributed by atoms with van der Waals surface area (Å²) in [5, 5.41) is 0. The number of aryl methyl sites for hydroxylation is 2. The van der Waals surface area contributed by atoms with Crippen LogP contribution in [-0.2, 0) is 9.59 Å². The lowest BCUT2D eigenvalue weighted by Crippen LogP contribution is -2.49. The Morgan fingerprint density at radius 2 is 1.55 bits per heavy atom. The lowest BCUT2D eigenvalue weighted by Gasteiger charge is -2.39. The van der Waals surface area contributed by atoms with Gasteiger partial charge >= 0.3 is 0 Å². The topological polar surface area (TPSA) is 43.9 Å². The van der Waals surface area contributed by atoms with E-state index in [9.17, 15) is 9.59 Å². The van der Waals surface area contributed by atoms with Gasteiger partial charge in [0.2, 0.25) is 11.8 Å². The predicted octanol–water partition coefficient (Wildman–Crippen LogP) is 5.34. The molecule has 5 nitrogen and oxygen atoms in total. The van der Waals surface area contributed by atoms with Crippen molar-refractivity contribution in [1.82, 2.24) is 4.90 Å². The van der Waals surface area contributed by atoms with Gasteiger partial charge in [-0.15, -0.1) is 0 Å². The van der Waals surface area contributed by atoms with Gasteiger partial charge in [0.15, 0.2) is 0 Å². The summed E-state index contributed by atoms with van der Waals surface area (Å²) < 4.78 is 0. The first-order chi connectivity index (χ1) is 16.0. The van der Waals surface area contributed by atoms with Gasteiger partial charge in [0.25, 0.3) is 0 Å². The van der Waals surface area contributed by atoms with Crippen LogP contribution >= 0.6 is 0 Å². The molecule has 0 aromatic heterocycles. The number of piperidine rings is 1. The normalized spacial score (nSPS) is 14.8. The predicted molar refractivity (Wildman–Crippen MR) is 137 cm³/mol. The van der Waals surface area contributed by atoms with Gasteiger partial charge in [-0.25, -0.2) is 0 Å². The van der Waals surface area contributed by atoms with Gasteiger partial charge in [0.1, 0.15) is 0 Å². The van der Waals surface area contributed by atoms with Crippen molar-refractivity contribution >= 4 is 23.2 Å². The van der Waals surface area contributed by atoms with Crippen LogP contribution in [0, 0.1) is 13.8 Å². The molecule has 1 fully saturated rings. The quantitative estimate of drug-likeness (QED) is 0.519. The Labute approximate surface area is 199 Å². The Bertz CT molecular complexity index is 900. The number of amides is 2. The number of carbonyl (C=O) groups is 2. The third-order valence-electron chi connectivity index (χ3n) is 6.64. The molecule has 3 rings (SSSR count). The number of hydrogen-bond acceptors (Lipinski definition) is 3. The van der Waals surface area contributed by atoms with Crippen LogP contribution in [0.4, 0.5) is 11.4 Å². The van der Waals surface area contributed by atoms with Gasteiger partial charge in [-0.3, -0.25) is 9.59 Å². The zero-order valence-electron chi connectivity index (χ0n) is 20.7. The molecule has 2 amide bonds. The molecular weight excluding hydrogens is 410 g/mol. The monoisotopic (exact) mass is 449 g/mol. The lowest BCUT2D eigenvalue weighted by molar-refractivity contribution is -0.119. The Kier molecular flexibility index (Phi) is 9.07. The number of benzene rings is 2. The van der Waals surface area contributed by atoms with Crippen molar-refractivity contribution in [3.8, 4) is 0 Å². The Balaban J connectivity index is 1.65. The van der Waals surface area contributed by atoms with Gasteiger partial charge in [0, 0.05) is 56.4 Å². The zero-order valence-corrected chi connectivity index (χ0v) is 20.7. The maximum absolute atomic E-state index is 13.0. The number of rotatable bonds is 9. The molecule has 0 spiro atoms. The maximum Gasteiger partial charge on any atom is 0.227 e. The minimum absolute atomic E-state index is 0.186. The molecule has 2 aromatic carbocycles. The third-order valence-corrected chi connectivity index (χ3v) is 6.64. The summed E-state index contributed by atoms with van der Waals surface area (Å²) in [5.74, 6) is 0.389. The van der Waals surface area contributed by atoms with Crippen LogP contribution in [0.1, 0.15) is 57.1 Å². The molecule has 0 unspecified atom stereocenters. The minimum atomic E-state index is 0.186. The van der Waals surface area contributed by atoms with Crippen molar-refractivity contribution in [1.29, 1.82) is 0 Å². The highest BCUT2D eigenvalue weighted by Crippen LogP contribution is 2.27. The molecule has 1 aliphatic rings. The van der Waals surface area contributed by atoms with Crippen LogP contribution in [-0.4, -0.2) is 48.9 Å². The van der Waals surface area contributed by atoms with E-state index in [4.69, 9.17) is 0 Å². The number of carbonyl (C=O) groups excluding carboxylic acids is 2. The fourth-order valence-electron chi connectivity index (χ4n) is 4.90. The number of likely N-dealkylation sites (tertiary alicyclic amines) is 1. The number of para-hydroxylation sites is 2. The van der Waals surface area contributed by atoms with Crippen LogP contribution in [0.5, 0.6) is 0 Å². The van der Waals surface area contributed by atoms with Gasteiger partial charge in [0.05, 0.1) is 0 Å². The molecule has 1 heterocycles. The van der Waals surface area contributed by atoms with Gasteiger partial charge < -0.3 is 14.7 Å². The van der Waals surface area contributed by atoms with Crippen LogP contribution in [0.25, 0.3) is 0 Å². The molecule has 0 saturated carbocycles. The van der Waals surface area contributed by atoms with Crippen molar-refractivity contribution in [3.05, 3.63) is 59.7 Å². The fraction of sp³-hybridized carbons (Fsp3) is 0.500. The highest BCUT2D eigenvalue weighted by Gasteiger charge is 2.29. The van der Waals surface area contributed by atoms with E-state index in [1.54, 1.807) is 0 Å². The molecule has 1 aliphatic heterocycles. The van der Waals surface area contributed by atoms with Crippen molar-refractivity contribution in [2.75, 3.05) is 36.0 Å². The van der Waals surface area contributed by atoms with E-state index in [-0.39, 0.29) is 17.9 Å². The van der Waals surface area contributed by atoms with E-state index in [0.717, 1.165) is 61.4 Å². The highest BCUT2D eigenvalue weighted by atomic mass is 16.2. The SMILES string of the molecule is CCCC(=O)N(CCN1CCC(N(C(=O)CC)c2ccccc2)CC1)c1c(C)cccc1C.